The first-order chi connectivity index (χ1) is 11.0. The van der Waals surface area contributed by atoms with E-state index in [0.29, 0.717) is 22.7 Å². The summed E-state index contributed by atoms with van der Waals surface area (Å²) in [6, 6.07) is 8.28. The van der Waals surface area contributed by atoms with Crippen LogP contribution in [0.5, 0.6) is 5.75 Å². The van der Waals surface area contributed by atoms with E-state index < -0.39 is 0 Å². The molecular formula is C17H19N3O3. The first kappa shape index (κ1) is 16.5. The lowest BCUT2D eigenvalue weighted by molar-refractivity contribution is -0.118. The highest BCUT2D eigenvalue weighted by Gasteiger charge is 2.14. The number of aromatic nitrogens is 1. The van der Waals surface area contributed by atoms with Gasteiger partial charge < -0.3 is 15.4 Å². The minimum atomic E-state index is -0.279. The molecule has 6 nitrogen and oxygen atoms in total. The molecule has 0 atom stereocenters. The van der Waals surface area contributed by atoms with Crippen LogP contribution in [-0.4, -0.2) is 23.9 Å². The summed E-state index contributed by atoms with van der Waals surface area (Å²) in [6.07, 6.45) is 3.19. The number of amides is 2. The van der Waals surface area contributed by atoms with Gasteiger partial charge in [0.05, 0.1) is 12.8 Å². The highest BCUT2D eigenvalue weighted by Crippen LogP contribution is 2.26. The molecule has 0 unspecified atom stereocenters. The summed E-state index contributed by atoms with van der Waals surface area (Å²) in [4.78, 5) is 28.1. The van der Waals surface area contributed by atoms with Crippen molar-refractivity contribution in [2.75, 3.05) is 17.7 Å². The van der Waals surface area contributed by atoms with Crippen molar-refractivity contribution in [2.45, 2.75) is 13.8 Å². The Balaban J connectivity index is 2.22. The molecule has 2 aromatic rings. The van der Waals surface area contributed by atoms with Gasteiger partial charge in [0, 0.05) is 29.6 Å². The molecule has 0 radical (unpaired) electrons. The van der Waals surface area contributed by atoms with E-state index in [0.717, 1.165) is 0 Å². The van der Waals surface area contributed by atoms with E-state index in [2.05, 4.69) is 15.6 Å². The normalized spacial score (nSPS) is 10.3. The Morgan fingerprint density at radius 2 is 1.78 bits per heavy atom. The summed E-state index contributed by atoms with van der Waals surface area (Å²) >= 11 is 0. The molecule has 6 heteroatoms. The van der Waals surface area contributed by atoms with Crippen LogP contribution in [0.3, 0.4) is 0 Å². The van der Waals surface area contributed by atoms with Crippen molar-refractivity contribution in [3.8, 4) is 5.75 Å². The monoisotopic (exact) mass is 313 g/mol. The van der Waals surface area contributed by atoms with Crippen LogP contribution in [0.4, 0.5) is 11.4 Å². The van der Waals surface area contributed by atoms with Gasteiger partial charge in [0.1, 0.15) is 5.75 Å². The van der Waals surface area contributed by atoms with E-state index in [1.165, 1.54) is 7.11 Å². The predicted octanol–water partition coefficient (Wildman–Crippen LogP) is 2.94. The molecule has 0 aliphatic heterocycles. The SMILES string of the molecule is COc1ccc(C(=O)Nc2ccncc2)cc1NC(=O)C(C)C. The molecule has 0 saturated carbocycles. The fourth-order valence-electron chi connectivity index (χ4n) is 1.86. The number of benzene rings is 1. The van der Waals surface area contributed by atoms with Crippen molar-refractivity contribution in [3.63, 3.8) is 0 Å². The van der Waals surface area contributed by atoms with Gasteiger partial charge in [0.25, 0.3) is 5.91 Å². The van der Waals surface area contributed by atoms with E-state index in [1.54, 1.807) is 56.6 Å². The minimum Gasteiger partial charge on any atom is -0.495 e. The average Bonchev–Trinajstić information content (AvgIpc) is 2.55. The zero-order valence-electron chi connectivity index (χ0n) is 13.3. The lowest BCUT2D eigenvalue weighted by atomic mass is 10.1. The Morgan fingerprint density at radius 3 is 2.39 bits per heavy atom. The molecule has 0 saturated heterocycles. The molecule has 2 amide bonds. The van der Waals surface area contributed by atoms with Gasteiger partial charge in [-0.15, -0.1) is 0 Å². The largest absolute Gasteiger partial charge is 0.495 e. The molecular weight excluding hydrogens is 294 g/mol. The number of nitrogens with one attached hydrogen (secondary N) is 2. The second kappa shape index (κ2) is 7.40. The third-order valence-electron chi connectivity index (χ3n) is 3.18. The number of hydrogen-bond acceptors (Lipinski definition) is 4. The Morgan fingerprint density at radius 1 is 1.09 bits per heavy atom. The van der Waals surface area contributed by atoms with Crippen LogP contribution < -0.4 is 15.4 Å². The zero-order valence-corrected chi connectivity index (χ0v) is 13.3. The van der Waals surface area contributed by atoms with Crippen LogP contribution >= 0.6 is 0 Å². The Labute approximate surface area is 134 Å². The summed E-state index contributed by atoms with van der Waals surface area (Å²) < 4.78 is 5.22. The number of anilines is 2. The quantitative estimate of drug-likeness (QED) is 0.889. The number of carbonyl (C=O) groups excluding carboxylic acids is 2. The molecule has 1 aromatic carbocycles. The summed E-state index contributed by atoms with van der Waals surface area (Å²) in [5.74, 6) is -0.0950. The molecule has 1 aromatic heterocycles. The van der Waals surface area contributed by atoms with Crippen LogP contribution in [0.1, 0.15) is 24.2 Å². The third-order valence-corrected chi connectivity index (χ3v) is 3.18. The van der Waals surface area contributed by atoms with Crippen molar-refractivity contribution in [3.05, 3.63) is 48.3 Å². The van der Waals surface area contributed by atoms with Gasteiger partial charge in [-0.2, -0.15) is 0 Å². The average molecular weight is 313 g/mol. The van der Waals surface area contributed by atoms with Crippen LogP contribution in [0.25, 0.3) is 0 Å². The van der Waals surface area contributed by atoms with Gasteiger partial charge in [-0.1, -0.05) is 13.8 Å². The number of rotatable bonds is 5. The second-order valence-electron chi connectivity index (χ2n) is 5.25. The van der Waals surface area contributed by atoms with E-state index in [4.69, 9.17) is 4.74 Å². The summed E-state index contributed by atoms with van der Waals surface area (Å²) in [6.45, 7) is 3.59. The maximum Gasteiger partial charge on any atom is 0.255 e. The van der Waals surface area contributed by atoms with Gasteiger partial charge in [-0.25, -0.2) is 0 Å². The number of hydrogen-bond donors (Lipinski definition) is 2. The maximum atomic E-state index is 12.3. The number of methoxy groups -OCH3 is 1. The fourth-order valence-corrected chi connectivity index (χ4v) is 1.86. The van der Waals surface area contributed by atoms with Crippen molar-refractivity contribution in [1.29, 1.82) is 0 Å². The Kier molecular flexibility index (Phi) is 5.30. The van der Waals surface area contributed by atoms with E-state index in [9.17, 15) is 9.59 Å². The van der Waals surface area contributed by atoms with Crippen LogP contribution in [0.2, 0.25) is 0 Å². The number of carbonyl (C=O) groups is 2. The second-order valence-corrected chi connectivity index (χ2v) is 5.25. The molecule has 23 heavy (non-hydrogen) atoms. The van der Waals surface area contributed by atoms with Gasteiger partial charge in [-0.3, -0.25) is 14.6 Å². The topological polar surface area (TPSA) is 80.3 Å². The molecule has 0 aliphatic rings. The predicted molar refractivity (Wildman–Crippen MR) is 88.7 cm³/mol. The van der Waals surface area contributed by atoms with E-state index >= 15 is 0 Å². The fraction of sp³-hybridized carbons (Fsp3) is 0.235. The molecule has 1 heterocycles. The van der Waals surface area contributed by atoms with Gasteiger partial charge in [0.2, 0.25) is 5.91 Å². The molecule has 2 N–H and O–H groups in total. The third kappa shape index (κ3) is 4.29. The maximum absolute atomic E-state index is 12.3. The Hall–Kier alpha value is -2.89. The van der Waals surface area contributed by atoms with Gasteiger partial charge >= 0.3 is 0 Å². The first-order valence-electron chi connectivity index (χ1n) is 7.21. The van der Waals surface area contributed by atoms with E-state index in [1.807, 2.05) is 0 Å². The minimum absolute atomic E-state index is 0.144. The smallest absolute Gasteiger partial charge is 0.255 e. The van der Waals surface area contributed by atoms with Gasteiger partial charge in [-0.05, 0) is 30.3 Å². The van der Waals surface area contributed by atoms with Crippen molar-refractivity contribution >= 4 is 23.2 Å². The molecule has 0 fully saturated rings. The van der Waals surface area contributed by atoms with Crippen LogP contribution in [0, 0.1) is 5.92 Å². The number of pyridine rings is 1. The van der Waals surface area contributed by atoms with E-state index in [-0.39, 0.29) is 17.7 Å². The molecule has 120 valence electrons. The summed E-state index contributed by atoms with van der Waals surface area (Å²) in [7, 11) is 1.51. The van der Waals surface area contributed by atoms with Crippen LogP contribution in [0.15, 0.2) is 42.7 Å². The van der Waals surface area contributed by atoms with Gasteiger partial charge in [0.15, 0.2) is 0 Å². The summed E-state index contributed by atoms with van der Waals surface area (Å²) in [5.41, 5.74) is 1.53. The lowest BCUT2D eigenvalue weighted by Gasteiger charge is -2.13. The number of ether oxygens (including phenoxy) is 1. The van der Waals surface area contributed by atoms with Crippen LogP contribution in [-0.2, 0) is 4.79 Å². The molecule has 0 spiro atoms. The lowest BCUT2D eigenvalue weighted by Crippen LogP contribution is -2.19. The number of nitrogens with zero attached hydrogens (tertiary/aromatic N) is 1. The molecule has 0 aliphatic carbocycles. The summed E-state index contributed by atoms with van der Waals surface area (Å²) in [5, 5.41) is 5.53. The standard InChI is InChI=1S/C17H19N3O3/c1-11(2)16(21)20-14-10-12(4-5-15(14)23-3)17(22)19-13-6-8-18-9-7-13/h4-11H,1-3H3,(H,20,21)(H,18,19,22). The highest BCUT2D eigenvalue weighted by atomic mass is 16.5. The zero-order chi connectivity index (χ0) is 16.8. The van der Waals surface area contributed by atoms with Crippen molar-refractivity contribution < 1.29 is 14.3 Å². The highest BCUT2D eigenvalue weighted by molar-refractivity contribution is 6.05. The molecule has 0 bridgehead atoms. The first-order valence-corrected chi connectivity index (χ1v) is 7.21. The van der Waals surface area contributed by atoms with Crippen molar-refractivity contribution in [1.82, 2.24) is 4.98 Å². The molecule has 2 rings (SSSR count). The Bertz CT molecular complexity index is 699. The van der Waals surface area contributed by atoms with Crippen molar-refractivity contribution in [2.24, 2.45) is 5.92 Å².